The zero-order valence-electron chi connectivity index (χ0n) is 5.03. The lowest BCUT2D eigenvalue weighted by atomic mass is 10.4. The molecule has 0 aliphatic rings. The summed E-state index contributed by atoms with van der Waals surface area (Å²) >= 11 is 3.21. The van der Waals surface area contributed by atoms with Crippen molar-refractivity contribution in [3.8, 4) is 0 Å². The molecule has 2 aromatic rings. The van der Waals surface area contributed by atoms with Crippen molar-refractivity contribution in [1.82, 2.24) is 13.8 Å². The van der Waals surface area contributed by atoms with Crippen molar-refractivity contribution in [3.63, 3.8) is 0 Å². The summed E-state index contributed by atoms with van der Waals surface area (Å²) < 4.78 is 1.57. The van der Waals surface area contributed by atoms with Gasteiger partial charge < -0.3 is 0 Å². The first-order valence-corrected chi connectivity index (χ1v) is 3.54. The molecule has 0 saturated carbocycles. The number of fused-ring (bicyclic) bond motifs is 1. The van der Waals surface area contributed by atoms with Gasteiger partial charge in [0.25, 0.3) is 0 Å². The summed E-state index contributed by atoms with van der Waals surface area (Å²) in [4.78, 5) is 4.09. The Hall–Kier alpha value is -0.900. The van der Waals surface area contributed by atoms with Gasteiger partial charge in [-0.05, 0) is 12.1 Å². The number of hydrogen-bond donors (Lipinski definition) is 0. The van der Waals surface area contributed by atoms with Crippen LogP contribution in [0.15, 0.2) is 24.5 Å². The molecule has 0 saturated heterocycles. The monoisotopic (exact) mass is 197 g/mol. The predicted molar refractivity (Wildman–Crippen MR) is 41.9 cm³/mol. The molecule has 0 unspecified atom stereocenters. The highest BCUT2D eigenvalue weighted by Crippen LogP contribution is 2.10. The van der Waals surface area contributed by atoms with E-state index in [-0.39, 0.29) is 0 Å². The van der Waals surface area contributed by atoms with E-state index in [1.807, 2.05) is 12.1 Å². The molecule has 0 aliphatic carbocycles. The van der Waals surface area contributed by atoms with E-state index in [1.54, 1.807) is 16.1 Å². The minimum absolute atomic E-state index is 0.850. The van der Waals surface area contributed by atoms with Gasteiger partial charge in [-0.25, -0.2) is 4.98 Å². The number of hydrogen-bond acceptors (Lipinski definition) is 2. The summed E-state index contributed by atoms with van der Waals surface area (Å²) in [7, 11) is 0. The van der Waals surface area contributed by atoms with Crippen LogP contribution in [0.2, 0.25) is 0 Å². The van der Waals surface area contributed by atoms with Crippen molar-refractivity contribution in [2.75, 3.05) is 0 Å². The maximum Gasteiger partial charge on any atom is 0.169 e. The zero-order chi connectivity index (χ0) is 6.97. The molecule has 0 amide bonds. The van der Waals surface area contributed by atoms with Gasteiger partial charge in [0.1, 0.15) is 0 Å². The third-order valence-electron chi connectivity index (χ3n) is 1.29. The summed E-state index contributed by atoms with van der Waals surface area (Å²) in [6.45, 7) is 0. The van der Waals surface area contributed by atoms with Crippen LogP contribution in [-0.4, -0.2) is 13.8 Å². The van der Waals surface area contributed by atoms with Gasteiger partial charge >= 0.3 is 0 Å². The number of rotatable bonds is 0. The maximum atomic E-state index is 4.09. The van der Waals surface area contributed by atoms with Crippen molar-refractivity contribution in [1.29, 1.82) is 0 Å². The van der Waals surface area contributed by atoms with Crippen LogP contribution in [0.1, 0.15) is 0 Å². The van der Waals surface area contributed by atoms with Gasteiger partial charge in [0.05, 0.1) is 22.3 Å². The van der Waals surface area contributed by atoms with Gasteiger partial charge in [-0.15, -0.1) is 0 Å². The fourth-order valence-electron chi connectivity index (χ4n) is 0.832. The second-order valence-electron chi connectivity index (χ2n) is 1.92. The molecule has 2 aromatic heterocycles. The van der Waals surface area contributed by atoms with Gasteiger partial charge in [-0.2, -0.15) is 8.81 Å². The lowest BCUT2D eigenvalue weighted by molar-refractivity contribution is 1.04. The lowest BCUT2D eigenvalue weighted by Crippen LogP contribution is -1.81. The van der Waals surface area contributed by atoms with E-state index in [0.29, 0.717) is 0 Å². The Bertz CT molecular complexity index is 355. The van der Waals surface area contributed by atoms with Crippen LogP contribution in [0.5, 0.6) is 0 Å². The molecule has 0 atom stereocenters. The molecule has 50 valence electrons. The quantitative estimate of drug-likeness (QED) is 0.643. The van der Waals surface area contributed by atoms with Gasteiger partial charge in [0, 0.05) is 11.6 Å². The van der Waals surface area contributed by atoms with Crippen LogP contribution in [0.4, 0.5) is 0 Å². The van der Waals surface area contributed by atoms with Crippen LogP contribution >= 0.6 is 16.1 Å². The standard InChI is InChI=1S/C6H4BrN3/c7-10-6-5(4-9-10)2-1-3-8-6/h1-4H. The molecule has 0 fully saturated rings. The highest BCUT2D eigenvalue weighted by molar-refractivity contribution is 9.08. The number of nitrogens with zero attached hydrogens (tertiary/aromatic N) is 3. The van der Waals surface area contributed by atoms with Crippen molar-refractivity contribution < 1.29 is 0 Å². The van der Waals surface area contributed by atoms with Gasteiger partial charge in [-0.1, -0.05) is 0 Å². The highest BCUT2D eigenvalue weighted by atomic mass is 79.9. The van der Waals surface area contributed by atoms with Crippen molar-refractivity contribution >= 4 is 27.2 Å². The molecule has 3 nitrogen and oxygen atoms in total. The largest absolute Gasteiger partial charge is 0.236 e. The second kappa shape index (κ2) is 2.05. The number of halogens is 1. The lowest BCUT2D eigenvalue weighted by Gasteiger charge is -1.86. The van der Waals surface area contributed by atoms with Crippen LogP contribution in [-0.2, 0) is 0 Å². The Labute approximate surface area is 66.0 Å². The van der Waals surface area contributed by atoms with E-state index >= 15 is 0 Å². The molecular formula is C6H4BrN3. The summed E-state index contributed by atoms with van der Waals surface area (Å²) in [6.07, 6.45) is 3.50. The Morgan fingerprint density at radius 2 is 2.40 bits per heavy atom. The topological polar surface area (TPSA) is 30.7 Å². The van der Waals surface area contributed by atoms with Gasteiger partial charge in [-0.3, -0.25) is 0 Å². The van der Waals surface area contributed by atoms with Crippen LogP contribution in [0.3, 0.4) is 0 Å². The van der Waals surface area contributed by atoms with E-state index in [0.717, 1.165) is 11.0 Å². The minimum Gasteiger partial charge on any atom is -0.236 e. The Balaban J connectivity index is 2.93. The molecule has 4 heteroatoms. The molecule has 2 heterocycles. The van der Waals surface area contributed by atoms with Crippen LogP contribution in [0.25, 0.3) is 11.0 Å². The third kappa shape index (κ3) is 0.724. The van der Waals surface area contributed by atoms with Crippen molar-refractivity contribution in [2.24, 2.45) is 0 Å². The first kappa shape index (κ1) is 5.85. The highest BCUT2D eigenvalue weighted by Gasteiger charge is 1.97. The van der Waals surface area contributed by atoms with Crippen molar-refractivity contribution in [2.45, 2.75) is 0 Å². The molecule has 10 heavy (non-hydrogen) atoms. The van der Waals surface area contributed by atoms with E-state index in [9.17, 15) is 0 Å². The molecule has 0 radical (unpaired) electrons. The average molecular weight is 198 g/mol. The molecule has 2 rings (SSSR count). The van der Waals surface area contributed by atoms with Crippen molar-refractivity contribution in [3.05, 3.63) is 24.5 Å². The first-order chi connectivity index (χ1) is 4.88. The van der Waals surface area contributed by atoms with E-state index < -0.39 is 0 Å². The smallest absolute Gasteiger partial charge is 0.169 e. The first-order valence-electron chi connectivity index (χ1n) is 2.83. The minimum atomic E-state index is 0.850. The fraction of sp³-hybridized carbons (Fsp3) is 0. The normalized spacial score (nSPS) is 10.5. The zero-order valence-corrected chi connectivity index (χ0v) is 6.62. The molecular weight excluding hydrogens is 194 g/mol. The van der Waals surface area contributed by atoms with Crippen LogP contribution in [0, 0.1) is 0 Å². The molecule has 0 bridgehead atoms. The molecule has 0 aliphatic heterocycles. The molecule has 0 spiro atoms. The summed E-state index contributed by atoms with van der Waals surface area (Å²) in [5, 5.41) is 5.01. The second-order valence-corrected chi connectivity index (χ2v) is 2.59. The predicted octanol–water partition coefficient (Wildman–Crippen LogP) is 1.59. The summed E-state index contributed by atoms with van der Waals surface area (Å²) in [6, 6.07) is 3.85. The van der Waals surface area contributed by atoms with E-state index in [2.05, 4.69) is 26.2 Å². The Kier molecular flexibility index (Phi) is 1.20. The average Bonchev–Trinajstić information content (AvgIpc) is 2.34. The SMILES string of the molecule is Brn1ncc2cccnc21. The Morgan fingerprint density at radius 3 is 3.20 bits per heavy atom. The van der Waals surface area contributed by atoms with Gasteiger partial charge in [0.15, 0.2) is 5.65 Å². The maximum absolute atomic E-state index is 4.09. The Morgan fingerprint density at radius 1 is 1.50 bits per heavy atom. The van der Waals surface area contributed by atoms with Crippen LogP contribution < -0.4 is 0 Å². The summed E-state index contributed by atoms with van der Waals surface area (Å²) in [5.74, 6) is 0. The molecule has 0 N–H and O–H groups in total. The number of aromatic nitrogens is 3. The van der Waals surface area contributed by atoms with E-state index in [4.69, 9.17) is 0 Å². The number of pyridine rings is 1. The third-order valence-corrected chi connectivity index (χ3v) is 1.81. The summed E-state index contributed by atoms with van der Waals surface area (Å²) in [5.41, 5.74) is 0.850. The van der Waals surface area contributed by atoms with E-state index in [1.165, 1.54) is 0 Å². The van der Waals surface area contributed by atoms with Gasteiger partial charge in [0.2, 0.25) is 0 Å². The fourth-order valence-corrected chi connectivity index (χ4v) is 1.22. The molecule has 0 aromatic carbocycles.